The number of halogens is 3. The first-order chi connectivity index (χ1) is 20.5. The first kappa shape index (κ1) is 33.8. The maximum absolute atomic E-state index is 13.5. The van der Waals surface area contributed by atoms with Crippen LogP contribution in [-0.2, 0) is 34.3 Å². The van der Waals surface area contributed by atoms with Gasteiger partial charge >= 0.3 is 12.1 Å². The molecule has 0 saturated carbocycles. The van der Waals surface area contributed by atoms with Crippen molar-refractivity contribution in [1.82, 2.24) is 0 Å². The Bertz CT molecular complexity index is 2000. The molecule has 0 saturated heterocycles. The van der Waals surface area contributed by atoms with E-state index in [9.17, 15) is 58.5 Å². The molecule has 240 valence electrons. The maximum Gasteiger partial charge on any atom is 0.471 e. The maximum atomic E-state index is 13.5. The molecular formula is C27H28F3NO10S3. The van der Waals surface area contributed by atoms with Crippen molar-refractivity contribution < 1.29 is 58.5 Å². The normalized spacial score (nSPS) is 13.3. The molecule has 0 fully saturated rings. The summed E-state index contributed by atoms with van der Waals surface area (Å²) in [5.74, 6) is -4.21. The molecule has 4 rings (SSSR count). The van der Waals surface area contributed by atoms with E-state index in [1.54, 1.807) is 5.32 Å². The average Bonchev–Trinajstić information content (AvgIpc) is 2.96. The third-order valence-electron chi connectivity index (χ3n) is 7.01. The molecule has 0 atom stereocenters. The molecule has 0 aromatic heterocycles. The zero-order chi connectivity index (χ0) is 32.7. The first-order valence-electron chi connectivity index (χ1n) is 13.2. The molecular weight excluding hydrogens is 651 g/mol. The van der Waals surface area contributed by atoms with Crippen LogP contribution in [0.15, 0.2) is 51.1 Å². The van der Waals surface area contributed by atoms with Crippen molar-refractivity contribution in [3.05, 3.63) is 36.4 Å². The molecule has 0 bridgehead atoms. The fourth-order valence-corrected chi connectivity index (χ4v) is 9.73. The Hall–Kier alpha value is -3.09. The Kier molecular flexibility index (Phi) is 9.50. The van der Waals surface area contributed by atoms with E-state index in [1.165, 1.54) is 24.3 Å². The molecule has 0 aliphatic heterocycles. The number of sulfone groups is 3. The molecule has 11 nitrogen and oxygen atoms in total. The zero-order valence-electron chi connectivity index (χ0n) is 22.9. The summed E-state index contributed by atoms with van der Waals surface area (Å²) in [5.41, 5.74) is -0.574. The van der Waals surface area contributed by atoms with Gasteiger partial charge in [-0.25, -0.2) is 25.3 Å². The SMILES string of the molecule is O=C(Nc1cc(S(=O)(=O)CCCO)c2ccc3c(S(=O)(=O)CCCO)cc(S(=O)(=O)CCCO)c4ccc1c2c43)C(F)(F)F. The van der Waals surface area contributed by atoms with Crippen LogP contribution in [0.4, 0.5) is 18.9 Å². The van der Waals surface area contributed by atoms with Crippen LogP contribution in [-0.4, -0.2) is 89.7 Å². The van der Waals surface area contributed by atoms with Gasteiger partial charge in [0.1, 0.15) is 0 Å². The van der Waals surface area contributed by atoms with Gasteiger partial charge in [-0.2, -0.15) is 13.2 Å². The van der Waals surface area contributed by atoms with Crippen LogP contribution in [0, 0.1) is 0 Å². The summed E-state index contributed by atoms with van der Waals surface area (Å²) in [5, 5.41) is 28.9. The van der Waals surface area contributed by atoms with Crippen LogP contribution in [0.25, 0.3) is 32.3 Å². The average molecular weight is 680 g/mol. The second kappa shape index (κ2) is 12.4. The summed E-state index contributed by atoms with van der Waals surface area (Å²) >= 11 is 0. The molecule has 0 spiro atoms. The molecule has 0 heterocycles. The van der Waals surface area contributed by atoms with E-state index in [-0.39, 0.29) is 51.6 Å². The molecule has 4 aromatic carbocycles. The number of aliphatic hydroxyl groups excluding tert-OH is 3. The van der Waals surface area contributed by atoms with Gasteiger partial charge in [-0.3, -0.25) is 4.79 Å². The number of amides is 1. The molecule has 0 radical (unpaired) electrons. The lowest BCUT2D eigenvalue weighted by molar-refractivity contribution is -0.167. The standard InChI is InChI=1S/C27H28F3NO10S3/c28-27(29,30)26(35)31-20-14-21(42(36,37)11-1-8-32)17-6-7-19-23(44(40,41)13-3-10-34)15-22(43(38,39)12-2-9-33)18-5-4-16(20)24(17)25(18)19/h4-7,14-15,32-34H,1-3,8-13H2,(H,31,35). The number of aliphatic hydroxyl groups is 3. The second-order valence-electron chi connectivity index (χ2n) is 10.0. The Balaban J connectivity index is 2.25. The van der Waals surface area contributed by atoms with Gasteiger partial charge in [-0.05, 0) is 31.4 Å². The summed E-state index contributed by atoms with van der Waals surface area (Å²) in [6.45, 7) is -1.51. The summed E-state index contributed by atoms with van der Waals surface area (Å²) in [6.07, 6.45) is -5.98. The van der Waals surface area contributed by atoms with Gasteiger partial charge in [-0.15, -0.1) is 0 Å². The number of hydrogen-bond acceptors (Lipinski definition) is 10. The lowest BCUT2D eigenvalue weighted by atomic mass is 9.93. The third-order valence-corrected chi connectivity index (χ3v) is 12.5. The van der Waals surface area contributed by atoms with E-state index in [2.05, 4.69) is 0 Å². The minimum absolute atomic E-state index is 0.0600. The van der Waals surface area contributed by atoms with Gasteiger partial charge in [0.05, 0.1) is 37.6 Å². The highest BCUT2D eigenvalue weighted by Gasteiger charge is 2.39. The van der Waals surface area contributed by atoms with Crippen molar-refractivity contribution in [2.24, 2.45) is 0 Å². The molecule has 4 aromatic rings. The first-order valence-corrected chi connectivity index (χ1v) is 18.1. The number of carbonyl (C=O) groups excluding carboxylic acids is 1. The molecule has 17 heteroatoms. The Morgan fingerprint density at radius 2 is 0.955 bits per heavy atom. The van der Waals surface area contributed by atoms with E-state index in [0.717, 1.165) is 12.1 Å². The van der Waals surface area contributed by atoms with Gasteiger partial charge in [-0.1, -0.05) is 24.3 Å². The second-order valence-corrected chi connectivity index (χ2v) is 16.2. The quantitative estimate of drug-likeness (QED) is 0.153. The molecule has 1 amide bonds. The van der Waals surface area contributed by atoms with Crippen molar-refractivity contribution in [3.8, 4) is 0 Å². The van der Waals surface area contributed by atoms with Crippen molar-refractivity contribution in [3.63, 3.8) is 0 Å². The van der Waals surface area contributed by atoms with Crippen LogP contribution in [0.1, 0.15) is 19.3 Å². The summed E-state index contributed by atoms with van der Waals surface area (Å²) in [7, 11) is -12.9. The van der Waals surface area contributed by atoms with Crippen molar-refractivity contribution >= 4 is 73.4 Å². The van der Waals surface area contributed by atoms with Crippen LogP contribution >= 0.6 is 0 Å². The fourth-order valence-electron chi connectivity index (χ4n) is 5.06. The van der Waals surface area contributed by atoms with Gasteiger partial charge in [0.15, 0.2) is 29.5 Å². The Labute approximate surface area is 250 Å². The Morgan fingerprint density at radius 3 is 1.32 bits per heavy atom. The van der Waals surface area contributed by atoms with Gasteiger partial charge < -0.3 is 20.6 Å². The number of hydrogen-bond donors (Lipinski definition) is 4. The summed E-state index contributed by atoms with van der Waals surface area (Å²) < 4.78 is 120. The van der Waals surface area contributed by atoms with Crippen molar-refractivity contribution in [1.29, 1.82) is 0 Å². The highest BCUT2D eigenvalue weighted by atomic mass is 32.2. The lowest BCUT2D eigenvalue weighted by Gasteiger charge is -2.21. The molecule has 44 heavy (non-hydrogen) atoms. The zero-order valence-corrected chi connectivity index (χ0v) is 25.3. The van der Waals surface area contributed by atoms with E-state index < -0.39 is 99.0 Å². The highest BCUT2D eigenvalue weighted by Crippen LogP contribution is 2.45. The molecule has 4 N–H and O–H groups in total. The number of benzene rings is 4. The smallest absolute Gasteiger partial charge is 0.396 e. The van der Waals surface area contributed by atoms with E-state index >= 15 is 0 Å². The summed E-state index contributed by atoms with van der Waals surface area (Å²) in [6, 6.07) is 6.73. The van der Waals surface area contributed by atoms with Gasteiger partial charge in [0.2, 0.25) is 0 Å². The number of anilines is 1. The monoisotopic (exact) mass is 679 g/mol. The number of alkyl halides is 3. The molecule has 0 aliphatic rings. The van der Waals surface area contributed by atoms with Gasteiger partial charge in [0, 0.05) is 52.1 Å². The van der Waals surface area contributed by atoms with E-state index in [0.29, 0.717) is 0 Å². The number of carbonyl (C=O) groups is 1. The third kappa shape index (κ3) is 6.34. The minimum atomic E-state index is -5.36. The van der Waals surface area contributed by atoms with Crippen LogP contribution in [0.3, 0.4) is 0 Å². The predicted molar refractivity (Wildman–Crippen MR) is 156 cm³/mol. The highest BCUT2D eigenvalue weighted by molar-refractivity contribution is 7.92. The van der Waals surface area contributed by atoms with Crippen LogP contribution in [0.2, 0.25) is 0 Å². The number of rotatable bonds is 13. The van der Waals surface area contributed by atoms with E-state index in [4.69, 9.17) is 0 Å². The molecule has 0 aliphatic carbocycles. The topological polar surface area (TPSA) is 192 Å². The lowest BCUT2D eigenvalue weighted by Crippen LogP contribution is -2.30. The van der Waals surface area contributed by atoms with Gasteiger partial charge in [0.25, 0.3) is 0 Å². The van der Waals surface area contributed by atoms with Crippen molar-refractivity contribution in [2.75, 3.05) is 42.4 Å². The predicted octanol–water partition coefficient (Wildman–Crippen LogP) is 2.55. The van der Waals surface area contributed by atoms with E-state index in [1.807, 2.05) is 0 Å². The molecule has 0 unspecified atom stereocenters. The summed E-state index contributed by atoms with van der Waals surface area (Å²) in [4.78, 5) is 10.5. The number of nitrogens with one attached hydrogen (secondary N) is 1. The van der Waals surface area contributed by atoms with Crippen LogP contribution < -0.4 is 5.32 Å². The van der Waals surface area contributed by atoms with Crippen LogP contribution in [0.5, 0.6) is 0 Å². The minimum Gasteiger partial charge on any atom is -0.396 e. The largest absolute Gasteiger partial charge is 0.471 e. The van der Waals surface area contributed by atoms with Crippen molar-refractivity contribution in [2.45, 2.75) is 40.1 Å². The fraction of sp³-hybridized carbons (Fsp3) is 0.370. The Morgan fingerprint density at radius 1 is 0.614 bits per heavy atom.